The summed E-state index contributed by atoms with van der Waals surface area (Å²) in [5.41, 5.74) is 3.42. The maximum absolute atomic E-state index is 12.8. The first-order chi connectivity index (χ1) is 12.7. The van der Waals surface area contributed by atoms with Crippen molar-refractivity contribution in [1.82, 2.24) is 14.4 Å². The van der Waals surface area contributed by atoms with Gasteiger partial charge in [-0.15, -0.1) is 0 Å². The molecule has 0 fully saturated rings. The molecule has 0 saturated heterocycles. The van der Waals surface area contributed by atoms with E-state index in [1.807, 2.05) is 35.6 Å². The quantitative estimate of drug-likeness (QED) is 0.513. The van der Waals surface area contributed by atoms with E-state index in [9.17, 15) is 4.79 Å². The van der Waals surface area contributed by atoms with Crippen LogP contribution in [0, 0.1) is 6.92 Å². The molecule has 138 valence electrons. The molecule has 0 radical (unpaired) electrons. The molecule has 4 aromatic rings. The standard InChI is InChI=1S/C21H21ClN4O/c1-12-5-7-16-13(9-12)10-15(20(27)23-16)18-19(25-21(2,3)4)26-11-14(22)6-8-17(26)24-18/h5-11,25H,1-4H3,(H,23,27). The molecule has 0 aliphatic rings. The van der Waals surface area contributed by atoms with Crippen molar-refractivity contribution in [3.05, 3.63) is 63.5 Å². The molecule has 0 amide bonds. The highest BCUT2D eigenvalue weighted by atomic mass is 35.5. The van der Waals surface area contributed by atoms with E-state index in [2.05, 4.69) is 37.1 Å². The zero-order valence-electron chi connectivity index (χ0n) is 15.7. The van der Waals surface area contributed by atoms with Crippen LogP contribution in [0.4, 0.5) is 5.82 Å². The fourth-order valence-corrected chi connectivity index (χ4v) is 3.34. The Bertz CT molecular complexity index is 1230. The number of pyridine rings is 2. The van der Waals surface area contributed by atoms with Gasteiger partial charge < -0.3 is 10.3 Å². The number of halogens is 1. The minimum absolute atomic E-state index is 0.169. The molecule has 5 nitrogen and oxygen atoms in total. The fraction of sp³-hybridized carbons (Fsp3) is 0.238. The number of nitrogens with zero attached hydrogens (tertiary/aromatic N) is 2. The first-order valence-corrected chi connectivity index (χ1v) is 9.19. The average Bonchev–Trinajstić information content (AvgIpc) is 2.91. The normalized spacial score (nSPS) is 12.0. The number of rotatable bonds is 2. The number of hydrogen-bond acceptors (Lipinski definition) is 3. The fourth-order valence-electron chi connectivity index (χ4n) is 3.18. The number of imidazole rings is 1. The number of nitrogens with one attached hydrogen (secondary N) is 2. The summed E-state index contributed by atoms with van der Waals surface area (Å²) in [6.45, 7) is 8.22. The molecule has 3 heterocycles. The van der Waals surface area contributed by atoms with Crippen LogP contribution in [-0.4, -0.2) is 19.9 Å². The Labute approximate surface area is 162 Å². The number of H-pyrrole nitrogens is 1. The maximum atomic E-state index is 12.8. The topological polar surface area (TPSA) is 62.2 Å². The molecule has 6 heteroatoms. The third-order valence-electron chi connectivity index (χ3n) is 4.33. The van der Waals surface area contributed by atoms with Crippen LogP contribution in [0.25, 0.3) is 27.8 Å². The zero-order valence-corrected chi connectivity index (χ0v) is 16.5. The van der Waals surface area contributed by atoms with Gasteiger partial charge in [-0.05, 0) is 63.4 Å². The van der Waals surface area contributed by atoms with E-state index in [1.165, 1.54) is 0 Å². The third kappa shape index (κ3) is 3.30. The van der Waals surface area contributed by atoms with Crippen molar-refractivity contribution in [2.24, 2.45) is 0 Å². The highest BCUT2D eigenvalue weighted by Gasteiger charge is 2.21. The summed E-state index contributed by atoms with van der Waals surface area (Å²) in [7, 11) is 0. The van der Waals surface area contributed by atoms with Gasteiger partial charge in [0.15, 0.2) is 0 Å². The molecule has 4 rings (SSSR count). The predicted octanol–water partition coefficient (Wildman–Crippen LogP) is 5.02. The summed E-state index contributed by atoms with van der Waals surface area (Å²) >= 11 is 6.20. The SMILES string of the molecule is Cc1ccc2[nH]c(=O)c(-c3nc4ccc(Cl)cn4c3NC(C)(C)C)cc2c1. The second-order valence-electron chi connectivity index (χ2n) is 7.86. The molecule has 3 aromatic heterocycles. The van der Waals surface area contributed by atoms with Crippen LogP contribution in [0.5, 0.6) is 0 Å². The van der Waals surface area contributed by atoms with Gasteiger partial charge in [-0.2, -0.15) is 0 Å². The third-order valence-corrected chi connectivity index (χ3v) is 4.55. The van der Waals surface area contributed by atoms with Crippen molar-refractivity contribution in [1.29, 1.82) is 0 Å². The largest absolute Gasteiger partial charge is 0.365 e. The number of aromatic nitrogens is 3. The Morgan fingerprint density at radius 2 is 1.93 bits per heavy atom. The monoisotopic (exact) mass is 380 g/mol. The summed E-state index contributed by atoms with van der Waals surface area (Å²) in [6.07, 6.45) is 1.81. The summed E-state index contributed by atoms with van der Waals surface area (Å²) in [4.78, 5) is 20.5. The molecule has 0 unspecified atom stereocenters. The van der Waals surface area contributed by atoms with Crippen LogP contribution in [-0.2, 0) is 0 Å². The van der Waals surface area contributed by atoms with Crippen molar-refractivity contribution >= 4 is 34.0 Å². The molecule has 0 aliphatic carbocycles. The van der Waals surface area contributed by atoms with Crippen molar-refractivity contribution in [2.75, 3.05) is 5.32 Å². The number of aromatic amines is 1. The second-order valence-corrected chi connectivity index (χ2v) is 8.30. The number of anilines is 1. The molecule has 0 spiro atoms. The van der Waals surface area contributed by atoms with Gasteiger partial charge in [-0.25, -0.2) is 4.98 Å². The first kappa shape index (κ1) is 17.6. The van der Waals surface area contributed by atoms with Crippen molar-refractivity contribution in [2.45, 2.75) is 33.2 Å². The summed E-state index contributed by atoms with van der Waals surface area (Å²) in [5.74, 6) is 0.748. The Kier molecular flexibility index (Phi) is 4.00. The molecule has 1 aromatic carbocycles. The van der Waals surface area contributed by atoms with Gasteiger partial charge in [0, 0.05) is 17.3 Å². The minimum atomic E-state index is -0.215. The van der Waals surface area contributed by atoms with Gasteiger partial charge in [0.05, 0.1) is 10.6 Å². The van der Waals surface area contributed by atoms with Gasteiger partial charge in [0.2, 0.25) is 0 Å². The van der Waals surface area contributed by atoms with E-state index >= 15 is 0 Å². The Morgan fingerprint density at radius 3 is 2.67 bits per heavy atom. The van der Waals surface area contributed by atoms with Gasteiger partial charge in [-0.1, -0.05) is 23.2 Å². The lowest BCUT2D eigenvalue weighted by Gasteiger charge is -2.22. The number of benzene rings is 1. The Balaban J connectivity index is 2.03. The highest BCUT2D eigenvalue weighted by Crippen LogP contribution is 2.31. The lowest BCUT2D eigenvalue weighted by atomic mass is 10.1. The summed E-state index contributed by atoms with van der Waals surface area (Å²) in [5, 5.41) is 5.05. The Morgan fingerprint density at radius 1 is 1.15 bits per heavy atom. The van der Waals surface area contributed by atoms with Crippen LogP contribution in [0.2, 0.25) is 5.02 Å². The molecule has 0 bridgehead atoms. The first-order valence-electron chi connectivity index (χ1n) is 8.81. The van der Waals surface area contributed by atoms with E-state index < -0.39 is 0 Å². The summed E-state index contributed by atoms with van der Waals surface area (Å²) in [6, 6.07) is 11.5. The molecule has 0 saturated carbocycles. The van der Waals surface area contributed by atoms with E-state index in [-0.39, 0.29) is 11.1 Å². The number of hydrogen-bond donors (Lipinski definition) is 2. The van der Waals surface area contributed by atoms with Gasteiger partial charge in [0.1, 0.15) is 17.2 Å². The lowest BCUT2D eigenvalue weighted by molar-refractivity contribution is 0.629. The van der Waals surface area contributed by atoms with Crippen LogP contribution < -0.4 is 10.9 Å². The average molecular weight is 381 g/mol. The van der Waals surface area contributed by atoms with E-state index in [1.54, 1.807) is 12.3 Å². The minimum Gasteiger partial charge on any atom is -0.365 e. The van der Waals surface area contributed by atoms with Crippen LogP contribution in [0.15, 0.2) is 47.4 Å². The number of fused-ring (bicyclic) bond motifs is 2. The molecule has 0 atom stereocenters. The van der Waals surface area contributed by atoms with Crippen molar-refractivity contribution in [3.63, 3.8) is 0 Å². The van der Waals surface area contributed by atoms with Crippen molar-refractivity contribution < 1.29 is 0 Å². The van der Waals surface area contributed by atoms with Crippen molar-refractivity contribution in [3.8, 4) is 11.3 Å². The van der Waals surface area contributed by atoms with Crippen LogP contribution in [0.3, 0.4) is 0 Å². The molecular formula is C21H21ClN4O. The van der Waals surface area contributed by atoms with Gasteiger partial charge in [0.25, 0.3) is 5.56 Å². The molecule has 0 aliphatic heterocycles. The predicted molar refractivity (Wildman–Crippen MR) is 112 cm³/mol. The molecule has 2 N–H and O–H groups in total. The highest BCUT2D eigenvalue weighted by molar-refractivity contribution is 6.30. The lowest BCUT2D eigenvalue weighted by Crippen LogP contribution is -2.27. The Hall–Kier alpha value is -2.79. The zero-order chi connectivity index (χ0) is 19.3. The molecule has 27 heavy (non-hydrogen) atoms. The molecular weight excluding hydrogens is 360 g/mol. The van der Waals surface area contributed by atoms with Gasteiger partial charge >= 0.3 is 0 Å². The van der Waals surface area contributed by atoms with E-state index in [4.69, 9.17) is 16.6 Å². The van der Waals surface area contributed by atoms with Crippen LogP contribution in [0.1, 0.15) is 26.3 Å². The van der Waals surface area contributed by atoms with E-state index in [0.29, 0.717) is 16.3 Å². The van der Waals surface area contributed by atoms with Gasteiger partial charge in [-0.3, -0.25) is 9.20 Å². The smallest absolute Gasteiger partial charge is 0.258 e. The number of aryl methyl sites for hydroxylation is 1. The van der Waals surface area contributed by atoms with E-state index in [0.717, 1.165) is 27.9 Å². The second kappa shape index (κ2) is 6.13. The maximum Gasteiger partial charge on any atom is 0.258 e. The summed E-state index contributed by atoms with van der Waals surface area (Å²) < 4.78 is 1.89. The van der Waals surface area contributed by atoms with Crippen LogP contribution >= 0.6 is 11.6 Å².